The van der Waals surface area contributed by atoms with Crippen LogP contribution >= 0.6 is 0 Å². The van der Waals surface area contributed by atoms with E-state index in [4.69, 9.17) is 18.9 Å². The van der Waals surface area contributed by atoms with Gasteiger partial charge in [-0.15, -0.1) is 0 Å². The second-order valence-electron chi connectivity index (χ2n) is 8.93. The van der Waals surface area contributed by atoms with Gasteiger partial charge in [-0.05, 0) is 56.2 Å². The van der Waals surface area contributed by atoms with E-state index in [1.165, 1.54) is 13.8 Å². The molecule has 0 fully saturated rings. The lowest BCUT2D eigenvalue weighted by atomic mass is 10.0. The van der Waals surface area contributed by atoms with Gasteiger partial charge in [0.2, 0.25) is 0 Å². The van der Waals surface area contributed by atoms with Crippen molar-refractivity contribution in [1.29, 1.82) is 0 Å². The van der Waals surface area contributed by atoms with Gasteiger partial charge in [-0.3, -0.25) is 9.59 Å². The highest BCUT2D eigenvalue weighted by Gasteiger charge is 2.12. The highest BCUT2D eigenvalue weighted by atomic mass is 16.7. The topological polar surface area (TPSA) is 88.1 Å². The maximum atomic E-state index is 11.9. The average molecular weight is 547 g/mol. The first-order valence-corrected chi connectivity index (χ1v) is 13.4. The third kappa shape index (κ3) is 14.6. The molecule has 0 aliphatic carbocycles. The van der Waals surface area contributed by atoms with Gasteiger partial charge in [0.05, 0.1) is 6.61 Å². The molecule has 2 aromatic carbocycles. The van der Waals surface area contributed by atoms with Gasteiger partial charge in [0.15, 0.2) is 6.10 Å². The fourth-order valence-electron chi connectivity index (χ4n) is 3.76. The number of allylic oxidation sites excluding steroid dienone is 2. The van der Waals surface area contributed by atoms with Crippen LogP contribution in [0.4, 0.5) is 4.79 Å². The summed E-state index contributed by atoms with van der Waals surface area (Å²) in [5.41, 5.74) is 2.94. The zero-order valence-corrected chi connectivity index (χ0v) is 23.5. The Morgan fingerprint density at radius 3 is 1.98 bits per heavy atom. The molecule has 2 rings (SSSR count). The van der Waals surface area contributed by atoms with Gasteiger partial charge in [-0.25, -0.2) is 4.79 Å². The van der Waals surface area contributed by atoms with E-state index in [0.29, 0.717) is 37.7 Å². The molecule has 7 nitrogen and oxygen atoms in total. The number of hydrogen-bond donors (Lipinski definition) is 0. The maximum absolute atomic E-state index is 11.9. The summed E-state index contributed by atoms with van der Waals surface area (Å²) < 4.78 is 20.8. The van der Waals surface area contributed by atoms with Crippen LogP contribution in [0.25, 0.3) is 0 Å². The predicted octanol–water partition coefficient (Wildman–Crippen LogP) is 6.16. The fraction of sp³-hybridized carbons (Fsp3) is 0.364. The first kappa shape index (κ1) is 31.9. The van der Waals surface area contributed by atoms with Crippen LogP contribution in [0, 0.1) is 11.8 Å². The summed E-state index contributed by atoms with van der Waals surface area (Å²) in [5, 5.41) is 0. The molecule has 0 heterocycles. The number of hydrogen-bond acceptors (Lipinski definition) is 7. The van der Waals surface area contributed by atoms with Crippen molar-refractivity contribution in [2.45, 2.75) is 65.1 Å². The van der Waals surface area contributed by atoms with Crippen molar-refractivity contribution < 1.29 is 33.3 Å². The predicted molar refractivity (Wildman–Crippen MR) is 153 cm³/mol. The molecule has 2 aromatic rings. The van der Waals surface area contributed by atoms with Gasteiger partial charge in [0.25, 0.3) is 0 Å². The molecule has 40 heavy (non-hydrogen) atoms. The Morgan fingerprint density at radius 2 is 1.40 bits per heavy atom. The molecule has 0 amide bonds. The number of aryl methyl sites for hydroxylation is 2. The number of ether oxygens (including phenoxy) is 4. The Balaban J connectivity index is 2.23. The van der Waals surface area contributed by atoms with E-state index in [1.54, 1.807) is 13.0 Å². The number of benzene rings is 2. The highest BCUT2D eigenvalue weighted by molar-refractivity contribution is 5.67. The number of carbonyl (C=O) groups is 3. The van der Waals surface area contributed by atoms with Crippen LogP contribution in [-0.4, -0.2) is 43.5 Å². The molecule has 0 aliphatic heterocycles. The van der Waals surface area contributed by atoms with E-state index < -0.39 is 24.3 Å². The van der Waals surface area contributed by atoms with Gasteiger partial charge in [0, 0.05) is 19.4 Å². The standard InChI is InChI=1S/C33H38O7/c1-4-37-33(36)38-24-12-11-17-30(25-32(40-27(3)35)23-19-29-15-9-6-10-16-29)20-22-31(39-26(2)34)21-18-28-13-7-5-8-14-28/h5-16,25,31-32H,4,17-19,21,23-24H2,1-3H3/b12-11+,30-25-. The van der Waals surface area contributed by atoms with Gasteiger partial charge in [-0.2, -0.15) is 0 Å². The van der Waals surface area contributed by atoms with Crippen LogP contribution in [0.2, 0.25) is 0 Å². The summed E-state index contributed by atoms with van der Waals surface area (Å²) in [6, 6.07) is 19.9. The Hall–Kier alpha value is -4.31. The Morgan fingerprint density at radius 1 is 0.800 bits per heavy atom. The van der Waals surface area contributed by atoms with Crippen LogP contribution in [-0.2, 0) is 41.4 Å². The summed E-state index contributed by atoms with van der Waals surface area (Å²) >= 11 is 0. The Kier molecular flexibility index (Phi) is 15.0. The van der Waals surface area contributed by atoms with Crippen molar-refractivity contribution in [1.82, 2.24) is 0 Å². The molecule has 212 valence electrons. The van der Waals surface area contributed by atoms with E-state index >= 15 is 0 Å². The maximum Gasteiger partial charge on any atom is 0.508 e. The monoisotopic (exact) mass is 546 g/mol. The zero-order chi connectivity index (χ0) is 29.0. The Labute approximate surface area is 237 Å². The van der Waals surface area contributed by atoms with Crippen LogP contribution in [0.1, 0.15) is 51.2 Å². The van der Waals surface area contributed by atoms with Gasteiger partial charge < -0.3 is 18.9 Å². The molecule has 0 N–H and O–H groups in total. The molecule has 0 bridgehead atoms. The van der Waals surface area contributed by atoms with Crippen LogP contribution < -0.4 is 0 Å². The van der Waals surface area contributed by atoms with E-state index in [0.717, 1.165) is 11.1 Å². The molecular formula is C33H38O7. The van der Waals surface area contributed by atoms with Crippen LogP contribution in [0.3, 0.4) is 0 Å². The lowest BCUT2D eigenvalue weighted by Gasteiger charge is -2.15. The molecule has 0 radical (unpaired) electrons. The molecule has 2 atom stereocenters. The van der Waals surface area contributed by atoms with Crippen molar-refractivity contribution in [2.24, 2.45) is 0 Å². The zero-order valence-electron chi connectivity index (χ0n) is 23.5. The van der Waals surface area contributed by atoms with E-state index in [9.17, 15) is 14.4 Å². The van der Waals surface area contributed by atoms with Crippen LogP contribution in [0.15, 0.2) is 84.5 Å². The first-order chi connectivity index (χ1) is 19.4. The lowest BCUT2D eigenvalue weighted by molar-refractivity contribution is -0.145. The van der Waals surface area contributed by atoms with Crippen molar-refractivity contribution in [3.8, 4) is 11.8 Å². The Bertz CT molecular complexity index is 1170. The quantitative estimate of drug-likeness (QED) is 0.121. The molecule has 2 unspecified atom stereocenters. The summed E-state index contributed by atoms with van der Waals surface area (Å²) in [6.45, 7) is 4.72. The van der Waals surface area contributed by atoms with E-state index in [1.807, 2.05) is 72.8 Å². The molecule has 0 saturated heterocycles. The minimum absolute atomic E-state index is 0.0497. The van der Waals surface area contributed by atoms with Gasteiger partial charge >= 0.3 is 18.1 Å². The molecule has 0 spiro atoms. The largest absolute Gasteiger partial charge is 0.508 e. The van der Waals surface area contributed by atoms with Crippen molar-refractivity contribution in [2.75, 3.05) is 13.2 Å². The second-order valence-corrected chi connectivity index (χ2v) is 8.93. The summed E-state index contributed by atoms with van der Waals surface area (Å²) in [6.07, 6.45) is 6.42. The molecule has 0 aromatic heterocycles. The SMILES string of the molecule is CCOC(=O)OC/C=C/C/C(C#CC(CCc1ccccc1)OC(C)=O)=C/C(CCc1ccccc1)OC(C)=O. The van der Waals surface area contributed by atoms with Crippen molar-refractivity contribution >= 4 is 18.1 Å². The third-order valence-electron chi connectivity index (χ3n) is 5.57. The average Bonchev–Trinajstić information content (AvgIpc) is 2.93. The number of rotatable bonds is 14. The summed E-state index contributed by atoms with van der Waals surface area (Å²) in [7, 11) is 0. The third-order valence-corrected chi connectivity index (χ3v) is 5.57. The summed E-state index contributed by atoms with van der Waals surface area (Å²) in [4.78, 5) is 35.0. The van der Waals surface area contributed by atoms with E-state index in [2.05, 4.69) is 11.8 Å². The summed E-state index contributed by atoms with van der Waals surface area (Å²) in [5.74, 6) is 5.43. The molecule has 0 saturated carbocycles. The lowest BCUT2D eigenvalue weighted by Crippen LogP contribution is -2.16. The minimum atomic E-state index is -0.735. The second kappa shape index (κ2) is 18.9. The van der Waals surface area contributed by atoms with Crippen LogP contribution in [0.5, 0.6) is 0 Å². The fourth-order valence-corrected chi connectivity index (χ4v) is 3.76. The smallest absolute Gasteiger partial charge is 0.458 e. The van der Waals surface area contributed by atoms with Crippen molar-refractivity contribution in [3.63, 3.8) is 0 Å². The molecular weight excluding hydrogens is 508 g/mol. The molecule has 0 aliphatic rings. The van der Waals surface area contributed by atoms with Gasteiger partial charge in [0.1, 0.15) is 12.7 Å². The normalized spacial score (nSPS) is 12.5. The number of esters is 2. The highest BCUT2D eigenvalue weighted by Crippen LogP contribution is 2.14. The van der Waals surface area contributed by atoms with Crippen molar-refractivity contribution in [3.05, 3.63) is 95.6 Å². The first-order valence-electron chi connectivity index (χ1n) is 13.4. The number of carbonyl (C=O) groups excluding carboxylic acids is 3. The van der Waals surface area contributed by atoms with E-state index in [-0.39, 0.29) is 19.2 Å². The molecule has 7 heteroatoms. The van der Waals surface area contributed by atoms with Gasteiger partial charge in [-0.1, -0.05) is 84.7 Å². The minimum Gasteiger partial charge on any atom is -0.458 e.